The van der Waals surface area contributed by atoms with Crippen LogP contribution in [0, 0.1) is 5.41 Å². The maximum absolute atomic E-state index is 5.16. The van der Waals surface area contributed by atoms with E-state index in [9.17, 15) is 0 Å². The predicted octanol–water partition coefficient (Wildman–Crippen LogP) is 1.43. The first-order valence-electron chi connectivity index (χ1n) is 3.68. The lowest BCUT2D eigenvalue weighted by Crippen LogP contribution is -2.18. The SMILES string of the molecule is C/C=N\C(=C/NN)C(C)(C)C. The van der Waals surface area contributed by atoms with Crippen molar-refractivity contribution in [3.8, 4) is 0 Å². The zero-order chi connectivity index (χ0) is 8.91. The molecule has 0 aromatic carbocycles. The highest BCUT2D eigenvalue weighted by Gasteiger charge is 2.15. The summed E-state index contributed by atoms with van der Waals surface area (Å²) in [6, 6.07) is 0. The van der Waals surface area contributed by atoms with Crippen molar-refractivity contribution in [1.29, 1.82) is 0 Å². The maximum Gasteiger partial charge on any atom is 0.0623 e. The summed E-state index contributed by atoms with van der Waals surface area (Å²) < 4.78 is 0. The molecule has 0 aromatic rings. The topological polar surface area (TPSA) is 50.4 Å². The van der Waals surface area contributed by atoms with Gasteiger partial charge in [0.2, 0.25) is 0 Å². The standard InChI is InChI=1S/C8H17N3/c1-5-10-7(6-11-9)8(2,3)4/h5-6,11H,9H2,1-4H3/b7-6-,10-5-. The summed E-state index contributed by atoms with van der Waals surface area (Å²) in [4.78, 5) is 4.18. The molecule has 0 fully saturated rings. The first kappa shape index (κ1) is 10.2. The Bertz CT molecular complexity index is 163. The number of aliphatic imine (C=N–C) groups is 1. The molecule has 0 saturated carbocycles. The molecule has 0 aromatic heterocycles. The van der Waals surface area contributed by atoms with Crippen LogP contribution in [0.15, 0.2) is 16.9 Å². The molecule has 0 aliphatic carbocycles. The van der Waals surface area contributed by atoms with Crippen LogP contribution in [0.5, 0.6) is 0 Å². The predicted molar refractivity (Wildman–Crippen MR) is 49.0 cm³/mol. The summed E-state index contributed by atoms with van der Waals surface area (Å²) in [7, 11) is 0. The van der Waals surface area contributed by atoms with Gasteiger partial charge in [0.1, 0.15) is 0 Å². The number of allylic oxidation sites excluding steroid dienone is 1. The number of rotatable bonds is 2. The van der Waals surface area contributed by atoms with Crippen LogP contribution in [0.25, 0.3) is 0 Å². The molecule has 0 unspecified atom stereocenters. The fraction of sp³-hybridized carbons (Fsp3) is 0.625. The molecule has 0 aliphatic rings. The Hall–Kier alpha value is -0.830. The molecule has 0 saturated heterocycles. The van der Waals surface area contributed by atoms with E-state index in [4.69, 9.17) is 5.84 Å². The third kappa shape index (κ3) is 3.78. The van der Waals surface area contributed by atoms with Gasteiger partial charge in [-0.3, -0.25) is 10.8 Å². The second-order valence-electron chi connectivity index (χ2n) is 3.33. The van der Waals surface area contributed by atoms with Gasteiger partial charge in [-0.05, 0) is 6.92 Å². The number of nitrogens with one attached hydrogen (secondary N) is 1. The van der Waals surface area contributed by atoms with Crippen molar-refractivity contribution in [2.45, 2.75) is 27.7 Å². The highest BCUT2D eigenvalue weighted by molar-refractivity contribution is 5.55. The fourth-order valence-corrected chi connectivity index (χ4v) is 0.665. The van der Waals surface area contributed by atoms with Gasteiger partial charge >= 0.3 is 0 Å². The van der Waals surface area contributed by atoms with E-state index in [1.165, 1.54) is 0 Å². The minimum absolute atomic E-state index is 0.0406. The number of hydrogen-bond donors (Lipinski definition) is 2. The minimum Gasteiger partial charge on any atom is -0.330 e. The van der Waals surface area contributed by atoms with Gasteiger partial charge in [0, 0.05) is 17.8 Å². The van der Waals surface area contributed by atoms with E-state index in [0.717, 1.165) is 5.70 Å². The number of nitrogens with two attached hydrogens (primary N) is 1. The largest absolute Gasteiger partial charge is 0.330 e. The van der Waals surface area contributed by atoms with Gasteiger partial charge in [0.15, 0.2) is 0 Å². The molecule has 0 atom stereocenters. The van der Waals surface area contributed by atoms with Crippen molar-refractivity contribution in [3.63, 3.8) is 0 Å². The number of hydrogen-bond acceptors (Lipinski definition) is 3. The summed E-state index contributed by atoms with van der Waals surface area (Å²) in [5.41, 5.74) is 3.47. The van der Waals surface area contributed by atoms with Crippen LogP contribution in [0.4, 0.5) is 0 Å². The highest BCUT2D eigenvalue weighted by atomic mass is 15.2. The Morgan fingerprint density at radius 3 is 2.27 bits per heavy atom. The molecule has 0 rings (SSSR count). The lowest BCUT2D eigenvalue weighted by Gasteiger charge is -2.18. The summed E-state index contributed by atoms with van der Waals surface area (Å²) in [5, 5.41) is 0. The van der Waals surface area contributed by atoms with E-state index in [0.29, 0.717) is 0 Å². The molecule has 3 nitrogen and oxygen atoms in total. The van der Waals surface area contributed by atoms with Crippen LogP contribution in [0.3, 0.4) is 0 Å². The monoisotopic (exact) mass is 155 g/mol. The van der Waals surface area contributed by atoms with Gasteiger partial charge in [-0.25, -0.2) is 0 Å². The molecular weight excluding hydrogens is 138 g/mol. The minimum atomic E-state index is 0.0406. The van der Waals surface area contributed by atoms with E-state index < -0.39 is 0 Å². The van der Waals surface area contributed by atoms with E-state index in [1.807, 2.05) is 6.92 Å². The number of hydrazine groups is 1. The van der Waals surface area contributed by atoms with Crippen molar-refractivity contribution in [1.82, 2.24) is 5.43 Å². The second kappa shape index (κ2) is 4.13. The van der Waals surface area contributed by atoms with E-state index in [1.54, 1.807) is 12.4 Å². The molecule has 3 heteroatoms. The van der Waals surface area contributed by atoms with Crippen LogP contribution in [-0.4, -0.2) is 6.21 Å². The average Bonchev–Trinajstić information content (AvgIpc) is 1.85. The summed E-state index contributed by atoms with van der Waals surface area (Å²) in [5.74, 6) is 5.16. The first-order chi connectivity index (χ1) is 5.02. The molecule has 11 heavy (non-hydrogen) atoms. The van der Waals surface area contributed by atoms with Crippen LogP contribution in [0.2, 0.25) is 0 Å². The van der Waals surface area contributed by atoms with Gasteiger partial charge in [0.05, 0.1) is 5.70 Å². The fourth-order valence-electron chi connectivity index (χ4n) is 0.665. The molecule has 0 amide bonds. The third-order valence-corrected chi connectivity index (χ3v) is 1.26. The molecule has 0 bridgehead atoms. The van der Waals surface area contributed by atoms with E-state index in [2.05, 4.69) is 31.2 Å². The molecule has 0 heterocycles. The van der Waals surface area contributed by atoms with Gasteiger partial charge in [-0.15, -0.1) is 0 Å². The van der Waals surface area contributed by atoms with Gasteiger partial charge in [-0.2, -0.15) is 0 Å². The van der Waals surface area contributed by atoms with Crippen molar-refractivity contribution in [2.24, 2.45) is 16.3 Å². The summed E-state index contributed by atoms with van der Waals surface area (Å²) in [6.07, 6.45) is 3.47. The Labute approximate surface area is 68.4 Å². The average molecular weight is 155 g/mol. The zero-order valence-corrected chi connectivity index (χ0v) is 7.68. The van der Waals surface area contributed by atoms with Crippen molar-refractivity contribution in [2.75, 3.05) is 0 Å². The van der Waals surface area contributed by atoms with Crippen molar-refractivity contribution in [3.05, 3.63) is 11.9 Å². The van der Waals surface area contributed by atoms with E-state index >= 15 is 0 Å². The number of nitrogens with zero attached hydrogens (tertiary/aromatic N) is 1. The molecule has 0 radical (unpaired) electrons. The Morgan fingerprint density at radius 2 is 2.00 bits per heavy atom. The van der Waals surface area contributed by atoms with Gasteiger partial charge in [0.25, 0.3) is 0 Å². The molecule has 64 valence electrons. The Kier molecular flexibility index (Phi) is 3.82. The zero-order valence-electron chi connectivity index (χ0n) is 7.68. The Morgan fingerprint density at radius 1 is 1.45 bits per heavy atom. The summed E-state index contributed by atoms with van der Waals surface area (Å²) >= 11 is 0. The van der Waals surface area contributed by atoms with Gasteiger partial charge < -0.3 is 5.43 Å². The lowest BCUT2D eigenvalue weighted by molar-refractivity contribution is 0.494. The van der Waals surface area contributed by atoms with Crippen molar-refractivity contribution < 1.29 is 0 Å². The highest BCUT2D eigenvalue weighted by Crippen LogP contribution is 2.24. The Balaban J connectivity index is 4.48. The molecular formula is C8H17N3. The van der Waals surface area contributed by atoms with Crippen molar-refractivity contribution >= 4 is 6.21 Å². The molecule has 3 N–H and O–H groups in total. The lowest BCUT2D eigenvalue weighted by atomic mass is 9.93. The van der Waals surface area contributed by atoms with Gasteiger partial charge in [-0.1, -0.05) is 20.8 Å². The van der Waals surface area contributed by atoms with E-state index in [-0.39, 0.29) is 5.41 Å². The van der Waals surface area contributed by atoms with Crippen LogP contribution in [-0.2, 0) is 0 Å². The second-order valence-corrected chi connectivity index (χ2v) is 3.33. The normalized spacial score (nSPS) is 14.1. The smallest absolute Gasteiger partial charge is 0.0623 e. The van der Waals surface area contributed by atoms with Crippen LogP contribution in [0.1, 0.15) is 27.7 Å². The van der Waals surface area contributed by atoms with Crippen LogP contribution < -0.4 is 11.3 Å². The third-order valence-electron chi connectivity index (χ3n) is 1.26. The molecule has 0 spiro atoms. The maximum atomic E-state index is 5.16. The molecule has 0 aliphatic heterocycles. The van der Waals surface area contributed by atoms with Crippen LogP contribution >= 0.6 is 0 Å². The first-order valence-corrected chi connectivity index (χ1v) is 3.68. The summed E-state index contributed by atoms with van der Waals surface area (Å²) in [6.45, 7) is 8.14. The quantitative estimate of drug-likeness (QED) is 0.360.